The molecule has 0 spiro atoms. The molecular formula is C8H2BrF6NO3. The van der Waals surface area contributed by atoms with Crippen LogP contribution in [0.5, 0.6) is 5.75 Å². The summed E-state index contributed by atoms with van der Waals surface area (Å²) < 4.78 is 76.4. The molecule has 11 heteroatoms. The number of nitro benzene ring substituents is 1. The molecule has 0 unspecified atom stereocenters. The normalized spacial score (nSPS) is 12.4. The third-order valence-corrected chi connectivity index (χ3v) is 2.42. The molecule has 1 aromatic rings. The minimum Gasteiger partial charge on any atom is -0.405 e. The van der Waals surface area contributed by atoms with Gasteiger partial charge in [-0.3, -0.25) is 10.1 Å². The van der Waals surface area contributed by atoms with E-state index in [1.54, 1.807) is 0 Å². The lowest BCUT2D eigenvalue weighted by Gasteiger charge is -2.15. The SMILES string of the molecule is O=[N+]([O-])c1c(Br)ccc(OC(F)(F)F)c1C(F)(F)F. The Hall–Kier alpha value is -1.52. The van der Waals surface area contributed by atoms with E-state index in [0.29, 0.717) is 12.1 Å². The number of rotatable bonds is 2. The van der Waals surface area contributed by atoms with Crippen molar-refractivity contribution in [2.45, 2.75) is 12.5 Å². The van der Waals surface area contributed by atoms with Crippen LogP contribution in [0.15, 0.2) is 16.6 Å². The third kappa shape index (κ3) is 3.72. The van der Waals surface area contributed by atoms with Crippen molar-refractivity contribution in [1.82, 2.24) is 0 Å². The van der Waals surface area contributed by atoms with Gasteiger partial charge in [-0.25, -0.2) is 0 Å². The van der Waals surface area contributed by atoms with Crippen molar-refractivity contribution in [2.24, 2.45) is 0 Å². The molecule has 0 N–H and O–H groups in total. The van der Waals surface area contributed by atoms with E-state index in [2.05, 4.69) is 20.7 Å². The molecule has 0 atom stereocenters. The van der Waals surface area contributed by atoms with Gasteiger partial charge >= 0.3 is 12.5 Å². The van der Waals surface area contributed by atoms with Crippen molar-refractivity contribution in [3.8, 4) is 5.75 Å². The summed E-state index contributed by atoms with van der Waals surface area (Å²) in [4.78, 5) is 9.10. The second-order valence-corrected chi connectivity index (χ2v) is 3.93. The Morgan fingerprint density at radius 3 is 2.05 bits per heavy atom. The number of nitro groups is 1. The summed E-state index contributed by atoms with van der Waals surface area (Å²) in [6, 6.07) is 1.00. The summed E-state index contributed by atoms with van der Waals surface area (Å²) in [5.41, 5.74) is -3.65. The second kappa shape index (κ2) is 4.87. The second-order valence-electron chi connectivity index (χ2n) is 3.07. The van der Waals surface area contributed by atoms with E-state index in [4.69, 9.17) is 0 Å². The lowest BCUT2D eigenvalue weighted by Crippen LogP contribution is -2.21. The van der Waals surface area contributed by atoms with Gasteiger partial charge in [-0.05, 0) is 28.1 Å². The van der Waals surface area contributed by atoms with Crippen LogP contribution in [0.25, 0.3) is 0 Å². The van der Waals surface area contributed by atoms with Crippen molar-refractivity contribution in [3.05, 3.63) is 32.3 Å². The highest BCUT2D eigenvalue weighted by Crippen LogP contribution is 2.46. The average Bonchev–Trinajstić information content (AvgIpc) is 2.15. The lowest BCUT2D eigenvalue weighted by atomic mass is 10.1. The molecule has 106 valence electrons. The van der Waals surface area contributed by atoms with Crippen LogP contribution < -0.4 is 4.74 Å². The van der Waals surface area contributed by atoms with Gasteiger partial charge in [-0.1, -0.05) is 0 Å². The van der Waals surface area contributed by atoms with E-state index in [1.807, 2.05) is 0 Å². The fourth-order valence-corrected chi connectivity index (χ4v) is 1.68. The molecule has 1 aromatic carbocycles. The molecule has 0 amide bonds. The highest BCUT2D eigenvalue weighted by atomic mass is 79.9. The van der Waals surface area contributed by atoms with Crippen molar-refractivity contribution in [1.29, 1.82) is 0 Å². The number of ether oxygens (including phenoxy) is 1. The van der Waals surface area contributed by atoms with Gasteiger partial charge < -0.3 is 4.74 Å². The van der Waals surface area contributed by atoms with Crippen molar-refractivity contribution >= 4 is 21.6 Å². The predicted octanol–water partition coefficient (Wildman–Crippen LogP) is 4.27. The summed E-state index contributed by atoms with van der Waals surface area (Å²) in [7, 11) is 0. The van der Waals surface area contributed by atoms with Crippen LogP contribution in [0.2, 0.25) is 0 Å². The third-order valence-electron chi connectivity index (χ3n) is 1.78. The summed E-state index contributed by atoms with van der Waals surface area (Å²) in [5.74, 6) is -1.69. The molecule has 0 radical (unpaired) electrons. The topological polar surface area (TPSA) is 52.4 Å². The van der Waals surface area contributed by atoms with E-state index in [1.165, 1.54) is 0 Å². The van der Waals surface area contributed by atoms with Crippen LogP contribution in [0.1, 0.15) is 5.56 Å². The number of hydrogen-bond acceptors (Lipinski definition) is 3. The van der Waals surface area contributed by atoms with Crippen LogP contribution >= 0.6 is 15.9 Å². The highest BCUT2D eigenvalue weighted by Gasteiger charge is 2.46. The first-order valence-electron chi connectivity index (χ1n) is 4.23. The standard InChI is InChI=1S/C8H2BrF6NO3/c9-3-1-2-4(19-8(13,14)15)5(7(10,11)12)6(3)16(17)18/h1-2H. The van der Waals surface area contributed by atoms with E-state index < -0.39 is 38.9 Å². The van der Waals surface area contributed by atoms with Crippen molar-refractivity contribution < 1.29 is 36.0 Å². The van der Waals surface area contributed by atoms with E-state index in [9.17, 15) is 36.5 Å². The van der Waals surface area contributed by atoms with Crippen LogP contribution in [-0.4, -0.2) is 11.3 Å². The maximum absolute atomic E-state index is 12.7. The molecule has 0 saturated carbocycles. The van der Waals surface area contributed by atoms with Crippen LogP contribution in [0.4, 0.5) is 32.0 Å². The van der Waals surface area contributed by atoms with Crippen molar-refractivity contribution in [3.63, 3.8) is 0 Å². The van der Waals surface area contributed by atoms with Gasteiger partial charge in [-0.15, -0.1) is 13.2 Å². The fraction of sp³-hybridized carbons (Fsp3) is 0.250. The molecule has 0 fully saturated rings. The van der Waals surface area contributed by atoms with Gasteiger partial charge in [0.25, 0.3) is 5.69 Å². The van der Waals surface area contributed by atoms with E-state index >= 15 is 0 Å². The zero-order valence-electron chi connectivity index (χ0n) is 8.47. The Balaban J connectivity index is 3.57. The monoisotopic (exact) mass is 353 g/mol. The molecule has 0 aromatic heterocycles. The molecule has 4 nitrogen and oxygen atoms in total. The predicted molar refractivity (Wildman–Crippen MR) is 52.5 cm³/mol. The number of benzene rings is 1. The highest BCUT2D eigenvalue weighted by molar-refractivity contribution is 9.10. The summed E-state index contributed by atoms with van der Waals surface area (Å²) in [5, 5.41) is 10.5. The Kier molecular flexibility index (Phi) is 3.98. The molecule has 0 aliphatic rings. The van der Waals surface area contributed by atoms with Gasteiger partial charge in [0.1, 0.15) is 5.75 Å². The summed E-state index contributed by atoms with van der Waals surface area (Å²) in [6.45, 7) is 0. The van der Waals surface area contributed by atoms with Crippen molar-refractivity contribution in [2.75, 3.05) is 0 Å². The van der Waals surface area contributed by atoms with Gasteiger partial charge in [0.2, 0.25) is 0 Å². The molecule has 0 aliphatic carbocycles. The zero-order valence-corrected chi connectivity index (χ0v) is 10.1. The molecule has 0 heterocycles. The van der Waals surface area contributed by atoms with E-state index in [-0.39, 0.29) is 0 Å². The molecule has 0 bridgehead atoms. The van der Waals surface area contributed by atoms with E-state index in [0.717, 1.165) is 0 Å². The number of halogens is 7. The smallest absolute Gasteiger partial charge is 0.405 e. The summed E-state index contributed by atoms with van der Waals surface area (Å²) >= 11 is 2.48. The Morgan fingerprint density at radius 1 is 1.16 bits per heavy atom. The number of nitrogens with zero attached hydrogens (tertiary/aromatic N) is 1. The first kappa shape index (κ1) is 15.5. The lowest BCUT2D eigenvalue weighted by molar-refractivity contribution is -0.389. The quantitative estimate of drug-likeness (QED) is 0.453. The molecule has 19 heavy (non-hydrogen) atoms. The molecule has 1 rings (SSSR count). The minimum atomic E-state index is -5.40. The van der Waals surface area contributed by atoms with Gasteiger partial charge in [0.15, 0.2) is 5.56 Å². The Labute approximate surface area is 109 Å². The number of hydrogen-bond donors (Lipinski definition) is 0. The molecule has 0 aliphatic heterocycles. The van der Waals surface area contributed by atoms with Gasteiger partial charge in [0.05, 0.1) is 9.40 Å². The zero-order chi connectivity index (χ0) is 15.0. The maximum Gasteiger partial charge on any atom is 0.573 e. The molecule has 0 saturated heterocycles. The number of alkyl halides is 6. The first-order valence-corrected chi connectivity index (χ1v) is 5.02. The largest absolute Gasteiger partial charge is 0.573 e. The van der Waals surface area contributed by atoms with Crippen LogP contribution in [0, 0.1) is 10.1 Å². The maximum atomic E-state index is 12.7. The Morgan fingerprint density at radius 2 is 1.68 bits per heavy atom. The summed E-state index contributed by atoms with van der Waals surface area (Å²) in [6.07, 6.45) is -10.8. The fourth-order valence-electron chi connectivity index (χ4n) is 1.21. The Bertz CT molecular complexity index is 512. The van der Waals surface area contributed by atoms with Crippen LogP contribution in [-0.2, 0) is 6.18 Å². The average molecular weight is 354 g/mol. The molecular weight excluding hydrogens is 352 g/mol. The van der Waals surface area contributed by atoms with Crippen LogP contribution in [0.3, 0.4) is 0 Å². The van der Waals surface area contributed by atoms with Gasteiger partial charge in [0, 0.05) is 0 Å². The minimum absolute atomic E-state index is 0.341. The first-order chi connectivity index (χ1) is 8.43. The van der Waals surface area contributed by atoms with Gasteiger partial charge in [-0.2, -0.15) is 13.2 Å².